The minimum Gasteiger partial charge on any atom is -0.352 e. The molecule has 0 saturated carbocycles. The second kappa shape index (κ2) is 9.38. The van der Waals surface area contributed by atoms with Crippen molar-refractivity contribution in [3.05, 3.63) is 53.1 Å². The highest BCUT2D eigenvalue weighted by Crippen LogP contribution is 2.28. The molecule has 1 amide bonds. The van der Waals surface area contributed by atoms with Crippen LogP contribution in [0.3, 0.4) is 0 Å². The molecule has 0 bridgehead atoms. The Morgan fingerprint density at radius 3 is 2.55 bits per heavy atom. The minimum atomic E-state index is -3.26. The smallest absolute Gasteiger partial charge is 0.269 e. The van der Waals surface area contributed by atoms with Crippen LogP contribution in [-0.4, -0.2) is 60.4 Å². The largest absolute Gasteiger partial charge is 0.352 e. The zero-order valence-corrected chi connectivity index (χ0v) is 17.7. The molecule has 1 saturated heterocycles. The Morgan fingerprint density at radius 1 is 1.29 bits per heavy atom. The number of nitriles is 1. The van der Waals surface area contributed by atoms with E-state index < -0.39 is 21.7 Å². The van der Waals surface area contributed by atoms with E-state index in [1.807, 2.05) is 11.0 Å². The first-order valence-electron chi connectivity index (χ1n) is 9.65. The van der Waals surface area contributed by atoms with E-state index in [0.717, 1.165) is 6.07 Å². The van der Waals surface area contributed by atoms with E-state index in [1.165, 1.54) is 22.6 Å². The van der Waals surface area contributed by atoms with Gasteiger partial charge < -0.3 is 5.32 Å². The maximum atomic E-state index is 14.8. The number of amides is 1. The molecule has 1 aliphatic rings. The highest BCUT2D eigenvalue weighted by Gasteiger charge is 2.26. The zero-order valence-electron chi connectivity index (χ0n) is 16.9. The summed E-state index contributed by atoms with van der Waals surface area (Å²) in [7, 11) is -3.26. The lowest BCUT2D eigenvalue weighted by molar-refractivity contribution is 0.0991. The molecular weight excluding hydrogens is 423 g/mol. The van der Waals surface area contributed by atoms with Crippen LogP contribution in [0.5, 0.6) is 0 Å². The van der Waals surface area contributed by atoms with Gasteiger partial charge in [0.05, 0.1) is 23.3 Å². The number of halogens is 1. The zero-order chi connectivity index (χ0) is 22.6. The van der Waals surface area contributed by atoms with Crippen molar-refractivity contribution < 1.29 is 17.6 Å². The lowest BCUT2D eigenvalue weighted by Crippen LogP contribution is -2.48. The third-order valence-corrected chi connectivity index (χ3v) is 6.95. The predicted octanol–water partition coefficient (Wildman–Crippen LogP) is 1.73. The summed E-state index contributed by atoms with van der Waals surface area (Å²) in [5.74, 6) is -1.64. The molecular formula is C20H22FN6O3S. The van der Waals surface area contributed by atoms with Gasteiger partial charge in [0.2, 0.25) is 10.0 Å². The van der Waals surface area contributed by atoms with Gasteiger partial charge in [-0.3, -0.25) is 15.4 Å². The van der Waals surface area contributed by atoms with E-state index in [2.05, 4.69) is 10.3 Å². The van der Waals surface area contributed by atoms with Gasteiger partial charge in [-0.05, 0) is 36.8 Å². The number of rotatable bonds is 7. The Balaban J connectivity index is 1.84. The Hall–Kier alpha value is -3.07. The molecule has 2 N–H and O–H groups in total. The van der Waals surface area contributed by atoms with Crippen molar-refractivity contribution in [2.75, 3.05) is 37.2 Å². The molecule has 1 radical (unpaired) electrons. The highest BCUT2D eigenvalue weighted by molar-refractivity contribution is 7.89. The van der Waals surface area contributed by atoms with Crippen LogP contribution in [0.4, 0.5) is 15.8 Å². The molecule has 1 fully saturated rings. The van der Waals surface area contributed by atoms with E-state index >= 15 is 0 Å². The van der Waals surface area contributed by atoms with Gasteiger partial charge in [-0.1, -0.05) is 0 Å². The van der Waals surface area contributed by atoms with Crippen LogP contribution < -0.4 is 11.1 Å². The number of piperazine rings is 1. The van der Waals surface area contributed by atoms with Gasteiger partial charge in [-0.15, -0.1) is 0 Å². The fourth-order valence-corrected chi connectivity index (χ4v) is 4.41. The SMILES string of the molecule is CCS(=O)(=O)N1CCN(Cc2cc(C([NH])=O)cc(F)c2Nc2ccc(C#N)nc2)CC1. The maximum absolute atomic E-state index is 14.8. The number of pyridine rings is 1. The maximum Gasteiger partial charge on any atom is 0.269 e. The Kier molecular flexibility index (Phi) is 6.84. The average molecular weight is 446 g/mol. The molecule has 1 aliphatic heterocycles. The number of carbonyl (C=O) groups excluding carboxylic acids is 1. The molecule has 9 nitrogen and oxygen atoms in total. The fourth-order valence-electron chi connectivity index (χ4n) is 3.33. The molecule has 1 aromatic carbocycles. The van der Waals surface area contributed by atoms with Crippen molar-refractivity contribution >= 4 is 27.3 Å². The molecule has 11 heteroatoms. The average Bonchev–Trinajstić information content (AvgIpc) is 2.76. The number of nitrogens with zero attached hydrogens (tertiary/aromatic N) is 4. The molecule has 3 rings (SSSR count). The van der Waals surface area contributed by atoms with Crippen molar-refractivity contribution in [2.45, 2.75) is 13.5 Å². The van der Waals surface area contributed by atoms with E-state index in [-0.39, 0.29) is 29.2 Å². The Morgan fingerprint density at radius 2 is 2.00 bits per heavy atom. The molecule has 163 valence electrons. The quantitative estimate of drug-likeness (QED) is 0.687. The molecule has 0 spiro atoms. The third kappa shape index (κ3) is 5.35. The van der Waals surface area contributed by atoms with Crippen molar-refractivity contribution in [1.82, 2.24) is 19.9 Å². The molecule has 0 aliphatic carbocycles. The van der Waals surface area contributed by atoms with Crippen LogP contribution in [0.1, 0.15) is 28.5 Å². The summed E-state index contributed by atoms with van der Waals surface area (Å²) in [4.78, 5) is 17.4. The summed E-state index contributed by atoms with van der Waals surface area (Å²) < 4.78 is 40.4. The standard InChI is InChI=1S/C20H22FN6O3S/c1-2-31(29,30)27-7-5-26(6-8-27)13-15-9-14(20(23)28)10-18(21)19(15)25-17-4-3-16(11-22)24-12-17/h3-4,9-10,12,23,25H,2,5-8,13H2,1H3. The van der Waals surface area contributed by atoms with E-state index in [1.54, 1.807) is 13.0 Å². The van der Waals surface area contributed by atoms with E-state index in [4.69, 9.17) is 11.0 Å². The predicted molar refractivity (Wildman–Crippen MR) is 112 cm³/mol. The number of nitrogens with one attached hydrogen (secondary N) is 2. The van der Waals surface area contributed by atoms with E-state index in [0.29, 0.717) is 37.4 Å². The Bertz CT molecular complexity index is 1110. The molecule has 2 heterocycles. The normalized spacial score (nSPS) is 15.4. The number of aromatic nitrogens is 1. The second-order valence-corrected chi connectivity index (χ2v) is 9.32. The van der Waals surface area contributed by atoms with Crippen LogP contribution in [0.2, 0.25) is 0 Å². The van der Waals surface area contributed by atoms with E-state index in [9.17, 15) is 17.6 Å². The van der Waals surface area contributed by atoms with Gasteiger partial charge in [0.25, 0.3) is 5.91 Å². The van der Waals surface area contributed by atoms with Crippen molar-refractivity contribution in [1.29, 1.82) is 5.26 Å². The molecule has 0 unspecified atom stereocenters. The summed E-state index contributed by atoms with van der Waals surface area (Å²) in [6.45, 7) is 3.44. The summed E-state index contributed by atoms with van der Waals surface area (Å²) in [5, 5.41) is 11.8. The fraction of sp³-hybridized carbons (Fsp3) is 0.350. The van der Waals surface area contributed by atoms with Crippen LogP contribution in [-0.2, 0) is 16.6 Å². The van der Waals surface area contributed by atoms with Gasteiger partial charge in [0.1, 0.15) is 17.6 Å². The minimum absolute atomic E-state index is 0.0402. The van der Waals surface area contributed by atoms with Crippen LogP contribution >= 0.6 is 0 Å². The van der Waals surface area contributed by atoms with Crippen LogP contribution in [0, 0.1) is 17.1 Å². The van der Waals surface area contributed by atoms with Gasteiger partial charge >= 0.3 is 0 Å². The highest BCUT2D eigenvalue weighted by atomic mass is 32.2. The Labute approximate surface area is 180 Å². The topological polar surface area (TPSA) is 130 Å². The second-order valence-electron chi connectivity index (χ2n) is 7.07. The number of carbonyl (C=O) groups is 1. The summed E-state index contributed by atoms with van der Waals surface area (Å²) in [6.07, 6.45) is 1.40. The number of hydrogen-bond donors (Lipinski definition) is 1. The van der Waals surface area contributed by atoms with Gasteiger partial charge in [0, 0.05) is 38.3 Å². The summed E-state index contributed by atoms with van der Waals surface area (Å²) in [5.41, 5.74) is 8.55. The summed E-state index contributed by atoms with van der Waals surface area (Å²) in [6, 6.07) is 7.46. The van der Waals surface area contributed by atoms with Gasteiger partial charge in [0.15, 0.2) is 0 Å². The third-order valence-electron chi connectivity index (χ3n) is 5.06. The first-order valence-corrected chi connectivity index (χ1v) is 11.3. The van der Waals surface area contributed by atoms with Crippen LogP contribution in [0.15, 0.2) is 30.5 Å². The lowest BCUT2D eigenvalue weighted by Gasteiger charge is -2.34. The number of benzene rings is 1. The molecule has 2 aromatic rings. The van der Waals surface area contributed by atoms with Gasteiger partial charge in [-0.25, -0.2) is 17.8 Å². The monoisotopic (exact) mass is 445 g/mol. The van der Waals surface area contributed by atoms with Crippen molar-refractivity contribution in [3.8, 4) is 6.07 Å². The van der Waals surface area contributed by atoms with Crippen LogP contribution in [0.25, 0.3) is 0 Å². The summed E-state index contributed by atoms with van der Waals surface area (Å²) >= 11 is 0. The molecule has 1 aromatic heterocycles. The number of hydrogen-bond acceptors (Lipinski definition) is 7. The first kappa shape index (κ1) is 22.6. The number of sulfonamides is 1. The van der Waals surface area contributed by atoms with Crippen molar-refractivity contribution in [2.24, 2.45) is 0 Å². The molecule has 0 atom stereocenters. The lowest BCUT2D eigenvalue weighted by atomic mass is 10.1. The first-order chi connectivity index (χ1) is 14.7. The molecule has 31 heavy (non-hydrogen) atoms. The van der Waals surface area contributed by atoms with Gasteiger partial charge in [-0.2, -0.15) is 9.57 Å². The number of anilines is 2. The van der Waals surface area contributed by atoms with Crippen molar-refractivity contribution in [3.63, 3.8) is 0 Å².